The highest BCUT2D eigenvalue weighted by Gasteiger charge is 2.33. The third-order valence-electron chi connectivity index (χ3n) is 3.37. The number of nitrogens with two attached hydrogens (primary N) is 1. The number of nitrogens with zero attached hydrogens (tertiary/aromatic N) is 1. The minimum Gasteiger partial charge on any atom is -0.330 e. The summed E-state index contributed by atoms with van der Waals surface area (Å²) in [5.41, 5.74) is 7.53. The number of thioether (sulfide) groups is 1. The van der Waals surface area contributed by atoms with Gasteiger partial charge in [-0.2, -0.15) is 11.8 Å². The van der Waals surface area contributed by atoms with Crippen LogP contribution in [-0.4, -0.2) is 23.0 Å². The van der Waals surface area contributed by atoms with Crippen molar-refractivity contribution >= 4 is 11.8 Å². The highest BCUT2D eigenvalue weighted by molar-refractivity contribution is 7.99. The molecule has 1 saturated heterocycles. The van der Waals surface area contributed by atoms with Crippen LogP contribution < -0.4 is 5.73 Å². The van der Waals surface area contributed by atoms with Crippen molar-refractivity contribution in [3.05, 3.63) is 30.1 Å². The van der Waals surface area contributed by atoms with Crippen LogP contribution in [-0.2, 0) is 5.41 Å². The Balaban J connectivity index is 2.25. The third kappa shape index (κ3) is 2.34. The van der Waals surface area contributed by atoms with Gasteiger partial charge in [-0.15, -0.1) is 0 Å². The van der Waals surface area contributed by atoms with Crippen LogP contribution in [0.1, 0.15) is 24.8 Å². The van der Waals surface area contributed by atoms with Gasteiger partial charge in [-0.05, 0) is 60.4 Å². The highest BCUT2D eigenvalue weighted by Crippen LogP contribution is 2.40. The first kappa shape index (κ1) is 11.0. The van der Waals surface area contributed by atoms with Crippen molar-refractivity contribution in [3.63, 3.8) is 0 Å². The first-order valence-electron chi connectivity index (χ1n) is 5.56. The van der Waals surface area contributed by atoms with Crippen molar-refractivity contribution in [1.82, 2.24) is 4.98 Å². The van der Waals surface area contributed by atoms with Gasteiger partial charge in [0, 0.05) is 12.4 Å². The summed E-state index contributed by atoms with van der Waals surface area (Å²) in [6.45, 7) is 0.785. The highest BCUT2D eigenvalue weighted by atomic mass is 32.2. The Kier molecular flexibility index (Phi) is 3.65. The predicted molar refractivity (Wildman–Crippen MR) is 66.1 cm³/mol. The van der Waals surface area contributed by atoms with Crippen molar-refractivity contribution in [2.75, 3.05) is 18.1 Å². The number of aromatic nitrogens is 1. The van der Waals surface area contributed by atoms with Crippen LogP contribution in [0.5, 0.6) is 0 Å². The zero-order valence-electron chi connectivity index (χ0n) is 8.98. The number of pyridine rings is 1. The molecule has 3 heteroatoms. The lowest BCUT2D eigenvalue weighted by Gasteiger charge is -2.37. The quantitative estimate of drug-likeness (QED) is 0.852. The van der Waals surface area contributed by atoms with E-state index in [2.05, 4.69) is 28.9 Å². The average Bonchev–Trinajstić information content (AvgIpc) is 2.32. The van der Waals surface area contributed by atoms with Gasteiger partial charge in [-0.25, -0.2) is 0 Å². The molecule has 15 heavy (non-hydrogen) atoms. The van der Waals surface area contributed by atoms with Crippen LogP contribution in [0.25, 0.3) is 0 Å². The molecule has 0 atom stereocenters. The molecule has 1 aromatic heterocycles. The van der Waals surface area contributed by atoms with Crippen LogP contribution in [0, 0.1) is 0 Å². The van der Waals surface area contributed by atoms with Crippen molar-refractivity contribution < 1.29 is 0 Å². The van der Waals surface area contributed by atoms with E-state index in [4.69, 9.17) is 5.73 Å². The van der Waals surface area contributed by atoms with E-state index in [1.165, 1.54) is 29.9 Å². The van der Waals surface area contributed by atoms with Gasteiger partial charge in [0.15, 0.2) is 0 Å². The number of hydrogen-bond acceptors (Lipinski definition) is 3. The molecule has 1 fully saturated rings. The van der Waals surface area contributed by atoms with Gasteiger partial charge >= 0.3 is 0 Å². The van der Waals surface area contributed by atoms with Crippen molar-refractivity contribution in [2.45, 2.75) is 24.7 Å². The van der Waals surface area contributed by atoms with E-state index in [0.29, 0.717) is 5.41 Å². The fourth-order valence-electron chi connectivity index (χ4n) is 2.43. The van der Waals surface area contributed by atoms with Crippen molar-refractivity contribution in [3.8, 4) is 0 Å². The molecule has 0 amide bonds. The summed E-state index contributed by atoms with van der Waals surface area (Å²) in [6.07, 6.45) is 7.43. The monoisotopic (exact) mass is 222 g/mol. The summed E-state index contributed by atoms with van der Waals surface area (Å²) in [4.78, 5) is 4.09. The van der Waals surface area contributed by atoms with Gasteiger partial charge in [0.25, 0.3) is 0 Å². The molecule has 2 N–H and O–H groups in total. The van der Waals surface area contributed by atoms with Crippen molar-refractivity contribution in [2.24, 2.45) is 5.73 Å². The summed E-state index contributed by atoms with van der Waals surface area (Å²) in [5, 5.41) is 0. The Bertz CT molecular complexity index is 288. The second kappa shape index (κ2) is 4.99. The topological polar surface area (TPSA) is 38.9 Å². The first-order valence-corrected chi connectivity index (χ1v) is 6.71. The van der Waals surface area contributed by atoms with E-state index in [0.717, 1.165) is 13.0 Å². The molecule has 2 rings (SSSR count). The van der Waals surface area contributed by atoms with Gasteiger partial charge < -0.3 is 5.73 Å². The predicted octanol–water partition coefficient (Wildman–Crippen LogP) is 2.20. The standard InChI is InChI=1S/C12H18N2S/c13-6-3-12(4-9-15-10-5-12)11-1-7-14-8-2-11/h1-2,7-8H,3-6,9-10,13H2. The molecular weight excluding hydrogens is 204 g/mol. The maximum Gasteiger partial charge on any atom is 0.0270 e. The second-order valence-corrected chi connectivity index (χ2v) is 5.39. The Morgan fingerprint density at radius 2 is 1.93 bits per heavy atom. The number of rotatable bonds is 3. The Morgan fingerprint density at radius 3 is 2.53 bits per heavy atom. The zero-order chi connectivity index (χ0) is 10.6. The fourth-order valence-corrected chi connectivity index (χ4v) is 3.70. The first-order chi connectivity index (χ1) is 7.37. The Labute approximate surface area is 95.7 Å². The Hall–Kier alpha value is -0.540. The minimum absolute atomic E-state index is 0.336. The lowest BCUT2D eigenvalue weighted by Crippen LogP contribution is -2.33. The van der Waals surface area contributed by atoms with Crippen LogP contribution in [0.3, 0.4) is 0 Å². The minimum atomic E-state index is 0.336. The summed E-state index contributed by atoms with van der Waals surface area (Å²) < 4.78 is 0. The molecule has 0 aromatic carbocycles. The van der Waals surface area contributed by atoms with Gasteiger partial charge in [0.2, 0.25) is 0 Å². The molecular formula is C12H18N2S. The molecule has 2 heterocycles. The molecule has 0 radical (unpaired) electrons. The molecule has 1 aliphatic rings. The summed E-state index contributed by atoms with van der Waals surface area (Å²) >= 11 is 2.06. The van der Waals surface area contributed by atoms with Crippen LogP contribution in [0.4, 0.5) is 0 Å². The summed E-state index contributed by atoms with van der Waals surface area (Å²) in [6, 6.07) is 4.32. The third-order valence-corrected chi connectivity index (χ3v) is 4.35. The average molecular weight is 222 g/mol. The molecule has 1 aromatic rings. The molecule has 0 bridgehead atoms. The lowest BCUT2D eigenvalue weighted by atomic mass is 9.73. The van der Waals surface area contributed by atoms with Crippen LogP contribution >= 0.6 is 11.8 Å². The number of hydrogen-bond donors (Lipinski definition) is 1. The summed E-state index contributed by atoms with van der Waals surface area (Å²) in [5.74, 6) is 2.53. The SMILES string of the molecule is NCCC1(c2ccncc2)CCSCC1. The largest absolute Gasteiger partial charge is 0.330 e. The van der Waals surface area contributed by atoms with E-state index in [1.54, 1.807) is 0 Å². The molecule has 0 aliphatic carbocycles. The van der Waals surface area contributed by atoms with Gasteiger partial charge in [0.05, 0.1) is 0 Å². The smallest absolute Gasteiger partial charge is 0.0270 e. The zero-order valence-corrected chi connectivity index (χ0v) is 9.80. The fraction of sp³-hybridized carbons (Fsp3) is 0.583. The van der Waals surface area contributed by atoms with Crippen molar-refractivity contribution in [1.29, 1.82) is 0 Å². The van der Waals surface area contributed by atoms with Gasteiger partial charge in [-0.1, -0.05) is 0 Å². The van der Waals surface area contributed by atoms with E-state index >= 15 is 0 Å². The van der Waals surface area contributed by atoms with Crippen LogP contribution in [0.15, 0.2) is 24.5 Å². The molecule has 0 spiro atoms. The molecule has 82 valence electrons. The normalized spacial score (nSPS) is 20.1. The maximum absolute atomic E-state index is 5.76. The van der Waals surface area contributed by atoms with E-state index in [1.807, 2.05) is 12.4 Å². The molecule has 0 unspecified atom stereocenters. The molecule has 0 saturated carbocycles. The molecule has 2 nitrogen and oxygen atoms in total. The molecule has 1 aliphatic heterocycles. The van der Waals surface area contributed by atoms with Gasteiger partial charge in [-0.3, -0.25) is 4.98 Å². The summed E-state index contributed by atoms with van der Waals surface area (Å²) in [7, 11) is 0. The van der Waals surface area contributed by atoms with Gasteiger partial charge in [0.1, 0.15) is 0 Å². The Morgan fingerprint density at radius 1 is 1.27 bits per heavy atom. The lowest BCUT2D eigenvalue weighted by molar-refractivity contribution is 0.369. The van der Waals surface area contributed by atoms with E-state index < -0.39 is 0 Å². The van der Waals surface area contributed by atoms with E-state index in [-0.39, 0.29) is 0 Å². The van der Waals surface area contributed by atoms with Crippen LogP contribution in [0.2, 0.25) is 0 Å². The second-order valence-electron chi connectivity index (χ2n) is 4.17. The maximum atomic E-state index is 5.76. The van der Waals surface area contributed by atoms with E-state index in [9.17, 15) is 0 Å².